The number of pyridine rings is 1. The van der Waals surface area contributed by atoms with Crippen molar-refractivity contribution in [3.63, 3.8) is 0 Å². The highest BCUT2D eigenvalue weighted by atomic mass is 79.9. The molecule has 2 aromatic rings. The van der Waals surface area contributed by atoms with E-state index in [0.717, 1.165) is 21.4 Å². The first kappa shape index (κ1) is 18.9. The number of aromatic nitrogens is 1. The molecule has 0 saturated carbocycles. The molecule has 0 unspecified atom stereocenters. The van der Waals surface area contributed by atoms with Gasteiger partial charge in [0.15, 0.2) is 5.96 Å². The summed E-state index contributed by atoms with van der Waals surface area (Å²) >= 11 is 3.41. The van der Waals surface area contributed by atoms with Crippen molar-refractivity contribution in [3.05, 3.63) is 58.3 Å². The Hall–Kier alpha value is -2.41. The smallest absolute Gasteiger partial charge is 0.226 e. The summed E-state index contributed by atoms with van der Waals surface area (Å²) in [5.74, 6) is 0.594. The number of nitrogens with one attached hydrogen (secondary N) is 3. The Labute approximate surface area is 156 Å². The van der Waals surface area contributed by atoms with E-state index >= 15 is 0 Å². The number of rotatable bonds is 6. The van der Waals surface area contributed by atoms with Crippen molar-refractivity contribution in [1.29, 1.82) is 0 Å². The first-order valence-corrected chi connectivity index (χ1v) is 8.78. The second kappa shape index (κ2) is 9.78. The molecule has 132 valence electrons. The van der Waals surface area contributed by atoms with Gasteiger partial charge in [0.25, 0.3) is 0 Å². The topological polar surface area (TPSA) is 78.4 Å². The largest absolute Gasteiger partial charge is 0.356 e. The molecule has 1 aromatic carbocycles. The van der Waals surface area contributed by atoms with Crippen LogP contribution in [0.1, 0.15) is 17.7 Å². The van der Waals surface area contributed by atoms with Gasteiger partial charge in [0.05, 0.1) is 12.2 Å². The molecule has 1 aromatic heterocycles. The summed E-state index contributed by atoms with van der Waals surface area (Å²) in [6, 6.07) is 11.5. The van der Waals surface area contributed by atoms with Crippen molar-refractivity contribution in [1.82, 2.24) is 15.6 Å². The number of amides is 1. The normalized spacial score (nSPS) is 11.1. The van der Waals surface area contributed by atoms with E-state index in [4.69, 9.17) is 0 Å². The number of guanidine groups is 1. The van der Waals surface area contributed by atoms with Crippen LogP contribution in [0, 0.1) is 6.92 Å². The van der Waals surface area contributed by atoms with Crippen LogP contribution in [-0.4, -0.2) is 30.4 Å². The minimum absolute atomic E-state index is 0.0434. The Morgan fingerprint density at radius 1 is 1.24 bits per heavy atom. The number of aryl methyl sites for hydroxylation is 1. The molecule has 0 radical (unpaired) electrons. The lowest BCUT2D eigenvalue weighted by Gasteiger charge is -2.12. The van der Waals surface area contributed by atoms with Gasteiger partial charge in [0, 0.05) is 36.4 Å². The molecule has 0 aliphatic heterocycles. The van der Waals surface area contributed by atoms with Crippen LogP contribution in [0.5, 0.6) is 0 Å². The van der Waals surface area contributed by atoms with Crippen LogP contribution in [0.3, 0.4) is 0 Å². The van der Waals surface area contributed by atoms with Crippen molar-refractivity contribution in [2.24, 2.45) is 4.99 Å². The molecule has 2 rings (SSSR count). The van der Waals surface area contributed by atoms with Gasteiger partial charge in [-0.1, -0.05) is 22.0 Å². The van der Waals surface area contributed by atoms with Gasteiger partial charge in [-0.2, -0.15) is 0 Å². The minimum atomic E-state index is -0.0434. The maximum Gasteiger partial charge on any atom is 0.226 e. The third-order valence-corrected chi connectivity index (χ3v) is 3.99. The first-order chi connectivity index (χ1) is 12.1. The third kappa shape index (κ3) is 6.54. The lowest BCUT2D eigenvalue weighted by molar-refractivity contribution is -0.116. The highest BCUT2D eigenvalue weighted by molar-refractivity contribution is 9.10. The van der Waals surface area contributed by atoms with Crippen LogP contribution in [0.25, 0.3) is 0 Å². The van der Waals surface area contributed by atoms with Gasteiger partial charge in [-0.25, -0.2) is 0 Å². The van der Waals surface area contributed by atoms with Crippen molar-refractivity contribution in [3.8, 4) is 0 Å². The molecule has 1 amide bonds. The number of hydrogen-bond acceptors (Lipinski definition) is 3. The molecule has 0 fully saturated rings. The van der Waals surface area contributed by atoms with E-state index < -0.39 is 0 Å². The Bertz CT molecular complexity index is 734. The molecule has 0 bridgehead atoms. The zero-order valence-electron chi connectivity index (χ0n) is 14.3. The van der Waals surface area contributed by atoms with Crippen molar-refractivity contribution >= 4 is 33.5 Å². The van der Waals surface area contributed by atoms with Crippen LogP contribution in [0.2, 0.25) is 0 Å². The van der Waals surface area contributed by atoms with E-state index in [1.54, 1.807) is 13.2 Å². The van der Waals surface area contributed by atoms with Gasteiger partial charge < -0.3 is 16.0 Å². The summed E-state index contributed by atoms with van der Waals surface area (Å²) in [7, 11) is 1.69. The van der Waals surface area contributed by atoms with Crippen LogP contribution in [-0.2, 0) is 11.3 Å². The molecular weight excluding hydrogens is 382 g/mol. The standard InChI is InChI=1S/C18H22BrN5O/c1-13-11-14(19)6-7-16(13)24-17(25)8-10-22-18(20-2)23-12-15-5-3-4-9-21-15/h3-7,9,11H,8,10,12H2,1-2H3,(H,24,25)(H2,20,22,23). The number of benzene rings is 1. The van der Waals surface area contributed by atoms with Gasteiger partial charge in [0.2, 0.25) is 5.91 Å². The molecule has 6 nitrogen and oxygen atoms in total. The van der Waals surface area contributed by atoms with E-state index in [1.807, 2.05) is 43.3 Å². The summed E-state index contributed by atoms with van der Waals surface area (Å²) < 4.78 is 0.993. The fourth-order valence-corrected chi connectivity index (χ4v) is 2.65. The highest BCUT2D eigenvalue weighted by Gasteiger charge is 2.06. The maximum absolute atomic E-state index is 12.1. The van der Waals surface area contributed by atoms with E-state index in [1.165, 1.54) is 0 Å². The molecule has 0 saturated heterocycles. The van der Waals surface area contributed by atoms with Gasteiger partial charge in [-0.3, -0.25) is 14.8 Å². The fourth-order valence-electron chi connectivity index (χ4n) is 2.17. The lowest BCUT2D eigenvalue weighted by Crippen LogP contribution is -2.38. The quantitative estimate of drug-likeness (QED) is 0.511. The molecule has 0 atom stereocenters. The Balaban J connectivity index is 1.73. The summed E-state index contributed by atoms with van der Waals surface area (Å²) in [5.41, 5.74) is 2.77. The molecule has 0 aliphatic rings. The van der Waals surface area contributed by atoms with Gasteiger partial charge >= 0.3 is 0 Å². The molecule has 0 aliphatic carbocycles. The average molecular weight is 404 g/mol. The zero-order chi connectivity index (χ0) is 18.1. The first-order valence-electron chi connectivity index (χ1n) is 7.99. The molecule has 3 N–H and O–H groups in total. The number of nitrogens with zero attached hydrogens (tertiary/aromatic N) is 2. The number of anilines is 1. The maximum atomic E-state index is 12.1. The van der Waals surface area contributed by atoms with Gasteiger partial charge in [-0.15, -0.1) is 0 Å². The Kier molecular flexibility index (Phi) is 7.40. The van der Waals surface area contributed by atoms with Gasteiger partial charge in [0.1, 0.15) is 0 Å². The van der Waals surface area contributed by atoms with Crippen LogP contribution in [0.4, 0.5) is 5.69 Å². The Morgan fingerprint density at radius 2 is 2.08 bits per heavy atom. The lowest BCUT2D eigenvalue weighted by atomic mass is 10.2. The highest BCUT2D eigenvalue weighted by Crippen LogP contribution is 2.19. The van der Waals surface area contributed by atoms with E-state index in [9.17, 15) is 4.79 Å². The van der Waals surface area contributed by atoms with Crippen LogP contribution in [0.15, 0.2) is 52.1 Å². The van der Waals surface area contributed by atoms with Crippen molar-refractivity contribution < 1.29 is 4.79 Å². The molecule has 1 heterocycles. The summed E-state index contributed by atoms with van der Waals surface area (Å²) in [4.78, 5) is 20.4. The number of carbonyl (C=O) groups excluding carboxylic acids is 1. The van der Waals surface area contributed by atoms with Crippen LogP contribution < -0.4 is 16.0 Å². The number of carbonyl (C=O) groups is 1. The van der Waals surface area contributed by atoms with Crippen LogP contribution >= 0.6 is 15.9 Å². The number of hydrogen-bond donors (Lipinski definition) is 3. The summed E-state index contributed by atoms with van der Waals surface area (Å²) in [5, 5.41) is 9.20. The molecule has 0 spiro atoms. The van der Waals surface area contributed by atoms with Crippen molar-refractivity contribution in [2.75, 3.05) is 18.9 Å². The van der Waals surface area contributed by atoms with Crippen molar-refractivity contribution in [2.45, 2.75) is 19.9 Å². The number of halogens is 1. The fraction of sp³-hybridized carbons (Fsp3) is 0.278. The Morgan fingerprint density at radius 3 is 2.76 bits per heavy atom. The predicted octanol–water partition coefficient (Wildman–Crippen LogP) is 2.85. The summed E-state index contributed by atoms with van der Waals surface area (Å²) in [6.45, 7) is 3.02. The third-order valence-electron chi connectivity index (χ3n) is 3.49. The van der Waals surface area contributed by atoms with E-state index in [0.29, 0.717) is 25.5 Å². The predicted molar refractivity (Wildman–Crippen MR) is 105 cm³/mol. The monoisotopic (exact) mass is 403 g/mol. The van der Waals surface area contributed by atoms with E-state index in [-0.39, 0.29) is 5.91 Å². The van der Waals surface area contributed by atoms with Gasteiger partial charge in [-0.05, 0) is 42.8 Å². The second-order valence-electron chi connectivity index (χ2n) is 5.43. The molecule has 25 heavy (non-hydrogen) atoms. The molecule has 7 heteroatoms. The molecular formula is C18H22BrN5O. The zero-order valence-corrected chi connectivity index (χ0v) is 15.9. The SMILES string of the molecule is CN=C(NCCC(=O)Nc1ccc(Br)cc1C)NCc1ccccn1. The number of aliphatic imine (C=N–C) groups is 1. The van der Waals surface area contributed by atoms with E-state index in [2.05, 4.69) is 41.9 Å². The summed E-state index contributed by atoms with van der Waals surface area (Å²) in [6.07, 6.45) is 2.10. The average Bonchev–Trinajstić information content (AvgIpc) is 2.61. The minimum Gasteiger partial charge on any atom is -0.356 e. The second-order valence-corrected chi connectivity index (χ2v) is 6.35.